The van der Waals surface area contributed by atoms with Gasteiger partial charge < -0.3 is 15.6 Å². The van der Waals surface area contributed by atoms with E-state index >= 15 is 0 Å². The minimum absolute atomic E-state index is 0.200. The molecule has 2 aliphatic carbocycles. The summed E-state index contributed by atoms with van der Waals surface area (Å²) in [5.41, 5.74) is 3.73. The monoisotopic (exact) mass is 353 g/mol. The lowest BCUT2D eigenvalue weighted by Gasteiger charge is -2.45. The number of carbonyl (C=O) groups excluding carboxylic acids is 1. The fourth-order valence-corrected chi connectivity index (χ4v) is 4.84. The number of aliphatic carboxylic acids is 1. The highest BCUT2D eigenvalue weighted by molar-refractivity contribution is 6.04. The molecule has 0 spiro atoms. The number of hydrogen-bond acceptors (Lipinski definition) is 4. The molecule has 0 heterocycles. The van der Waals surface area contributed by atoms with E-state index in [1.54, 1.807) is 20.8 Å². The van der Waals surface area contributed by atoms with Crippen molar-refractivity contribution in [1.29, 1.82) is 0 Å². The third kappa shape index (κ3) is 4.75. The second-order valence-corrected chi connectivity index (χ2v) is 9.00. The smallest absolute Gasteiger partial charge is 0.338 e. The third-order valence-corrected chi connectivity index (χ3v) is 5.93. The van der Waals surface area contributed by atoms with E-state index in [4.69, 9.17) is 10.5 Å². The molecule has 1 atom stereocenters. The van der Waals surface area contributed by atoms with E-state index in [1.807, 2.05) is 0 Å². The highest BCUT2D eigenvalue weighted by Gasteiger charge is 2.56. The molecule has 0 aromatic rings. The second-order valence-electron chi connectivity index (χ2n) is 9.00. The topological polar surface area (TPSA) is 89.6 Å². The van der Waals surface area contributed by atoms with Gasteiger partial charge in [-0.05, 0) is 32.6 Å². The SMILES string of the molecule is CC(C)(C)OC(=O)C(N)(C(=O)O)C(C1CCCCC1)C1CCCCC1. The summed E-state index contributed by atoms with van der Waals surface area (Å²) < 4.78 is 5.48. The molecule has 1 unspecified atom stereocenters. The molecule has 2 saturated carbocycles. The Morgan fingerprint density at radius 2 is 1.32 bits per heavy atom. The van der Waals surface area contributed by atoms with Gasteiger partial charge in [0.15, 0.2) is 0 Å². The number of carbonyl (C=O) groups is 2. The summed E-state index contributed by atoms with van der Waals surface area (Å²) in [5.74, 6) is -1.94. The molecule has 0 aromatic heterocycles. The van der Waals surface area contributed by atoms with Crippen molar-refractivity contribution in [2.45, 2.75) is 96.1 Å². The van der Waals surface area contributed by atoms with Gasteiger partial charge >= 0.3 is 11.9 Å². The van der Waals surface area contributed by atoms with Crippen LogP contribution < -0.4 is 5.73 Å². The van der Waals surface area contributed by atoms with Gasteiger partial charge in [-0.2, -0.15) is 0 Å². The van der Waals surface area contributed by atoms with Crippen LogP contribution >= 0.6 is 0 Å². The Kier molecular flexibility index (Phi) is 6.52. The zero-order valence-corrected chi connectivity index (χ0v) is 16.1. The number of hydrogen-bond donors (Lipinski definition) is 2. The van der Waals surface area contributed by atoms with Gasteiger partial charge in [0.2, 0.25) is 5.54 Å². The second kappa shape index (κ2) is 8.07. The van der Waals surface area contributed by atoms with Crippen LogP contribution in [0.1, 0.15) is 85.0 Å². The number of carboxylic acid groups (broad SMARTS) is 1. The molecule has 2 fully saturated rings. The molecule has 0 aliphatic heterocycles. The maximum atomic E-state index is 12.9. The predicted octanol–water partition coefficient (Wildman–Crippen LogP) is 3.89. The van der Waals surface area contributed by atoms with Crippen LogP contribution in [0, 0.1) is 17.8 Å². The molecule has 144 valence electrons. The first-order valence-electron chi connectivity index (χ1n) is 9.92. The van der Waals surface area contributed by atoms with Crippen LogP contribution in [0.2, 0.25) is 0 Å². The summed E-state index contributed by atoms with van der Waals surface area (Å²) >= 11 is 0. The molecular formula is C20H35NO4. The van der Waals surface area contributed by atoms with Crippen molar-refractivity contribution >= 4 is 11.9 Å². The molecule has 2 rings (SSSR count). The van der Waals surface area contributed by atoms with Gasteiger partial charge in [0.1, 0.15) is 5.60 Å². The van der Waals surface area contributed by atoms with Crippen molar-refractivity contribution in [3.63, 3.8) is 0 Å². The van der Waals surface area contributed by atoms with Crippen LogP contribution in [0.25, 0.3) is 0 Å². The Morgan fingerprint density at radius 3 is 1.64 bits per heavy atom. The lowest BCUT2D eigenvalue weighted by molar-refractivity contribution is -0.176. The Morgan fingerprint density at radius 1 is 0.920 bits per heavy atom. The van der Waals surface area contributed by atoms with Gasteiger partial charge in [0.05, 0.1) is 0 Å². The first-order valence-corrected chi connectivity index (χ1v) is 9.92. The number of carboxylic acids is 1. The van der Waals surface area contributed by atoms with Gasteiger partial charge in [-0.3, -0.25) is 0 Å². The summed E-state index contributed by atoms with van der Waals surface area (Å²) in [5, 5.41) is 10.0. The third-order valence-electron chi connectivity index (χ3n) is 5.93. The normalized spacial score (nSPS) is 23.2. The molecule has 25 heavy (non-hydrogen) atoms. The molecule has 5 nitrogen and oxygen atoms in total. The first kappa shape index (κ1) is 20.2. The fraction of sp³-hybridized carbons (Fsp3) is 0.900. The zero-order chi connectivity index (χ0) is 18.7. The lowest BCUT2D eigenvalue weighted by Crippen LogP contribution is -2.65. The Labute approximate surface area is 151 Å². The molecule has 5 heteroatoms. The molecular weight excluding hydrogens is 318 g/mol. The molecule has 0 saturated heterocycles. The van der Waals surface area contributed by atoms with Crippen LogP contribution in [-0.2, 0) is 14.3 Å². The number of ether oxygens (including phenoxy) is 1. The van der Waals surface area contributed by atoms with Crippen LogP contribution in [0.4, 0.5) is 0 Å². The lowest BCUT2D eigenvalue weighted by atomic mass is 9.62. The molecule has 0 radical (unpaired) electrons. The summed E-state index contributed by atoms with van der Waals surface area (Å²) in [4.78, 5) is 25.2. The maximum absolute atomic E-state index is 12.9. The largest absolute Gasteiger partial charge is 0.479 e. The van der Waals surface area contributed by atoms with Crippen LogP contribution in [0.15, 0.2) is 0 Å². The highest BCUT2D eigenvalue weighted by Crippen LogP contribution is 2.45. The van der Waals surface area contributed by atoms with E-state index < -0.39 is 23.1 Å². The molecule has 2 aliphatic rings. The van der Waals surface area contributed by atoms with Crippen molar-refractivity contribution in [2.24, 2.45) is 23.5 Å². The van der Waals surface area contributed by atoms with Gasteiger partial charge in [0.25, 0.3) is 0 Å². The van der Waals surface area contributed by atoms with Gasteiger partial charge in [-0.1, -0.05) is 64.2 Å². The van der Waals surface area contributed by atoms with E-state index in [-0.39, 0.29) is 17.8 Å². The van der Waals surface area contributed by atoms with Crippen molar-refractivity contribution in [3.05, 3.63) is 0 Å². The molecule has 0 aromatic carbocycles. The number of esters is 1. The van der Waals surface area contributed by atoms with E-state index in [0.717, 1.165) is 51.4 Å². The van der Waals surface area contributed by atoms with Gasteiger partial charge in [0, 0.05) is 5.92 Å². The minimum atomic E-state index is -1.95. The standard InChI is InChI=1S/C20H35NO4/c1-19(2,3)25-18(24)20(21,17(22)23)16(14-10-6-4-7-11-14)15-12-8-5-9-13-15/h14-16H,4-13,21H2,1-3H3,(H,22,23). The minimum Gasteiger partial charge on any atom is -0.479 e. The van der Waals surface area contributed by atoms with Gasteiger partial charge in [-0.15, -0.1) is 0 Å². The Balaban J connectivity index is 2.37. The number of nitrogens with two attached hydrogens (primary N) is 1. The van der Waals surface area contributed by atoms with Crippen molar-refractivity contribution in [2.75, 3.05) is 0 Å². The maximum Gasteiger partial charge on any atom is 0.338 e. The van der Waals surface area contributed by atoms with Crippen molar-refractivity contribution in [3.8, 4) is 0 Å². The van der Waals surface area contributed by atoms with E-state index in [1.165, 1.54) is 12.8 Å². The summed E-state index contributed by atoms with van der Waals surface area (Å²) in [6, 6.07) is 0. The predicted molar refractivity (Wildman–Crippen MR) is 97.0 cm³/mol. The fourth-order valence-electron chi connectivity index (χ4n) is 4.84. The molecule has 0 amide bonds. The van der Waals surface area contributed by atoms with E-state index in [9.17, 15) is 14.7 Å². The Bertz CT molecular complexity index is 455. The molecule has 3 N–H and O–H groups in total. The van der Waals surface area contributed by atoms with Crippen molar-refractivity contribution < 1.29 is 19.4 Å². The summed E-state index contributed by atoms with van der Waals surface area (Å²) in [7, 11) is 0. The number of rotatable bonds is 5. The summed E-state index contributed by atoms with van der Waals surface area (Å²) in [6.45, 7) is 5.26. The summed E-state index contributed by atoms with van der Waals surface area (Å²) in [6.07, 6.45) is 10.6. The highest BCUT2D eigenvalue weighted by atomic mass is 16.6. The average Bonchev–Trinajstić information content (AvgIpc) is 2.55. The Hall–Kier alpha value is -1.10. The van der Waals surface area contributed by atoms with Crippen LogP contribution in [0.5, 0.6) is 0 Å². The first-order chi connectivity index (χ1) is 11.7. The molecule has 0 bridgehead atoms. The zero-order valence-electron chi connectivity index (χ0n) is 16.1. The quantitative estimate of drug-likeness (QED) is 0.578. The van der Waals surface area contributed by atoms with E-state index in [0.29, 0.717) is 0 Å². The van der Waals surface area contributed by atoms with Gasteiger partial charge in [-0.25, -0.2) is 9.59 Å². The van der Waals surface area contributed by atoms with Crippen molar-refractivity contribution in [1.82, 2.24) is 0 Å². The van der Waals surface area contributed by atoms with Crippen LogP contribution in [0.3, 0.4) is 0 Å². The van der Waals surface area contributed by atoms with Crippen LogP contribution in [-0.4, -0.2) is 28.2 Å². The van der Waals surface area contributed by atoms with E-state index in [2.05, 4.69) is 0 Å². The average molecular weight is 354 g/mol.